The van der Waals surface area contributed by atoms with Gasteiger partial charge in [-0.15, -0.1) is 5.10 Å². The zero-order valence-corrected chi connectivity index (χ0v) is 20.4. The summed E-state index contributed by atoms with van der Waals surface area (Å²) in [7, 11) is 4.11. The molecule has 0 spiro atoms. The van der Waals surface area contributed by atoms with Crippen molar-refractivity contribution in [2.24, 2.45) is 0 Å². The molecule has 4 heterocycles. The van der Waals surface area contributed by atoms with Crippen LogP contribution >= 0.6 is 0 Å². The standard InChI is InChI=1S/C23H30F2N8O/c1-7-15-10-19(29-21(28-15)23(4,24)25)33-17-11-18(27-14(2)34)26-12-16(17)20(30-33)32-9-8-22(3,13-32)31(5)6/h10-12H,7-9,13H2,1-6H3,(H,26,27,34)/t22-/m0/s1. The van der Waals surface area contributed by atoms with Crippen LogP contribution in [0.1, 0.15) is 45.6 Å². The molecule has 0 bridgehead atoms. The quantitative estimate of drug-likeness (QED) is 0.588. The highest BCUT2D eigenvalue weighted by molar-refractivity contribution is 5.95. The molecule has 3 aromatic heterocycles. The molecule has 4 rings (SSSR count). The molecule has 9 nitrogen and oxygen atoms in total. The molecule has 1 aliphatic heterocycles. The Balaban J connectivity index is 1.90. The summed E-state index contributed by atoms with van der Waals surface area (Å²) in [5, 5.41) is 8.25. The fourth-order valence-corrected chi connectivity index (χ4v) is 4.11. The summed E-state index contributed by atoms with van der Waals surface area (Å²) >= 11 is 0. The minimum Gasteiger partial charge on any atom is -0.353 e. The highest BCUT2D eigenvalue weighted by Crippen LogP contribution is 2.35. The van der Waals surface area contributed by atoms with Gasteiger partial charge in [-0.05, 0) is 33.9 Å². The van der Waals surface area contributed by atoms with Crippen molar-refractivity contribution in [1.82, 2.24) is 29.6 Å². The van der Waals surface area contributed by atoms with E-state index in [0.717, 1.165) is 31.8 Å². The summed E-state index contributed by atoms with van der Waals surface area (Å²) in [5.74, 6) is -2.72. The number of aryl methyl sites for hydroxylation is 1. The highest BCUT2D eigenvalue weighted by Gasteiger charge is 2.37. The highest BCUT2D eigenvalue weighted by atomic mass is 19.3. The molecule has 1 saturated heterocycles. The van der Waals surface area contributed by atoms with Crippen molar-refractivity contribution < 1.29 is 13.6 Å². The number of alkyl halides is 2. The Labute approximate surface area is 197 Å². The molecule has 0 unspecified atom stereocenters. The van der Waals surface area contributed by atoms with E-state index in [1.54, 1.807) is 23.0 Å². The normalized spacial score (nSPS) is 18.8. The van der Waals surface area contributed by atoms with Crippen molar-refractivity contribution in [2.75, 3.05) is 37.4 Å². The minimum atomic E-state index is -3.20. The molecule has 1 amide bonds. The number of carbonyl (C=O) groups excluding carboxylic acids is 1. The summed E-state index contributed by atoms with van der Waals surface area (Å²) in [6.07, 6.45) is 3.07. The van der Waals surface area contributed by atoms with Gasteiger partial charge < -0.3 is 15.1 Å². The number of amides is 1. The number of pyridine rings is 1. The summed E-state index contributed by atoms with van der Waals surface area (Å²) < 4.78 is 29.9. The van der Waals surface area contributed by atoms with Crippen LogP contribution in [0.5, 0.6) is 0 Å². The Kier molecular flexibility index (Phi) is 6.01. The van der Waals surface area contributed by atoms with Gasteiger partial charge in [-0.3, -0.25) is 4.79 Å². The second-order valence-electron chi connectivity index (χ2n) is 9.35. The van der Waals surface area contributed by atoms with Gasteiger partial charge in [0.05, 0.1) is 10.9 Å². The van der Waals surface area contributed by atoms with E-state index in [4.69, 9.17) is 5.10 Å². The van der Waals surface area contributed by atoms with E-state index in [-0.39, 0.29) is 17.3 Å². The molecule has 1 atom stereocenters. The number of rotatable bonds is 6. The number of aromatic nitrogens is 5. The fourth-order valence-electron chi connectivity index (χ4n) is 4.11. The number of hydrogen-bond donors (Lipinski definition) is 1. The zero-order valence-electron chi connectivity index (χ0n) is 20.4. The first-order valence-electron chi connectivity index (χ1n) is 11.3. The van der Waals surface area contributed by atoms with Gasteiger partial charge in [0.25, 0.3) is 0 Å². The maximum Gasteiger partial charge on any atom is 0.303 e. The molecular formula is C23H30F2N8O. The van der Waals surface area contributed by atoms with Crippen LogP contribution < -0.4 is 10.2 Å². The number of hydrogen-bond acceptors (Lipinski definition) is 7. The molecule has 0 saturated carbocycles. The van der Waals surface area contributed by atoms with Gasteiger partial charge in [0, 0.05) is 56.5 Å². The van der Waals surface area contributed by atoms with Crippen molar-refractivity contribution >= 4 is 28.4 Å². The number of fused-ring (bicyclic) bond motifs is 1. The van der Waals surface area contributed by atoms with Crippen LogP contribution in [-0.2, 0) is 17.1 Å². The van der Waals surface area contributed by atoms with E-state index in [9.17, 15) is 13.6 Å². The van der Waals surface area contributed by atoms with Crippen molar-refractivity contribution in [1.29, 1.82) is 0 Å². The molecule has 1 N–H and O–H groups in total. The van der Waals surface area contributed by atoms with Gasteiger partial charge in [-0.25, -0.2) is 19.6 Å². The van der Waals surface area contributed by atoms with E-state index in [0.29, 0.717) is 29.3 Å². The maximum absolute atomic E-state index is 14.2. The minimum absolute atomic E-state index is 0.0264. The Morgan fingerprint density at radius 1 is 1.29 bits per heavy atom. The largest absolute Gasteiger partial charge is 0.353 e. The lowest BCUT2D eigenvalue weighted by Crippen LogP contribution is -2.43. The second-order valence-corrected chi connectivity index (χ2v) is 9.35. The van der Waals surface area contributed by atoms with Crippen molar-refractivity contribution in [3.05, 3.63) is 29.8 Å². The van der Waals surface area contributed by atoms with E-state index in [1.165, 1.54) is 6.92 Å². The molecule has 34 heavy (non-hydrogen) atoms. The number of nitrogens with one attached hydrogen (secondary N) is 1. The van der Waals surface area contributed by atoms with Crippen molar-refractivity contribution in [3.63, 3.8) is 0 Å². The lowest BCUT2D eigenvalue weighted by Gasteiger charge is -2.32. The van der Waals surface area contributed by atoms with Gasteiger partial charge in [-0.2, -0.15) is 8.78 Å². The molecule has 0 aromatic carbocycles. The summed E-state index contributed by atoms with van der Waals surface area (Å²) in [6.45, 7) is 7.77. The molecule has 11 heteroatoms. The van der Waals surface area contributed by atoms with E-state index < -0.39 is 11.7 Å². The van der Waals surface area contributed by atoms with Gasteiger partial charge in [0.15, 0.2) is 11.6 Å². The number of halogens is 2. The maximum atomic E-state index is 14.2. The monoisotopic (exact) mass is 472 g/mol. The molecule has 1 fully saturated rings. The Bertz CT molecular complexity index is 1240. The van der Waals surface area contributed by atoms with Crippen LogP contribution in [0.2, 0.25) is 0 Å². The first-order valence-corrected chi connectivity index (χ1v) is 11.3. The van der Waals surface area contributed by atoms with Crippen molar-refractivity contribution in [2.45, 2.75) is 52.0 Å². The average Bonchev–Trinajstić information content (AvgIpc) is 3.34. The van der Waals surface area contributed by atoms with E-state index in [2.05, 4.69) is 51.1 Å². The Morgan fingerprint density at radius 2 is 2.03 bits per heavy atom. The zero-order chi connectivity index (χ0) is 24.8. The van der Waals surface area contributed by atoms with Crippen molar-refractivity contribution in [3.8, 4) is 5.82 Å². The lowest BCUT2D eigenvalue weighted by atomic mass is 10.0. The first kappa shape index (κ1) is 23.9. The molecule has 1 aliphatic rings. The average molecular weight is 473 g/mol. The van der Waals surface area contributed by atoms with Crippen LogP contribution in [0.4, 0.5) is 20.4 Å². The lowest BCUT2D eigenvalue weighted by molar-refractivity contribution is -0.114. The summed E-state index contributed by atoms with van der Waals surface area (Å²) in [4.78, 5) is 28.5. The smallest absolute Gasteiger partial charge is 0.303 e. The third-order valence-corrected chi connectivity index (χ3v) is 6.42. The predicted octanol–water partition coefficient (Wildman–Crippen LogP) is 3.37. The summed E-state index contributed by atoms with van der Waals surface area (Å²) in [6, 6.07) is 3.35. The molecule has 0 radical (unpaired) electrons. The Morgan fingerprint density at radius 3 is 2.62 bits per heavy atom. The number of anilines is 2. The molecule has 0 aliphatic carbocycles. The van der Waals surface area contributed by atoms with E-state index in [1.807, 2.05) is 6.92 Å². The third kappa shape index (κ3) is 4.44. The summed E-state index contributed by atoms with van der Waals surface area (Å²) in [5.41, 5.74) is 1.07. The fraction of sp³-hybridized carbons (Fsp3) is 0.522. The van der Waals surface area contributed by atoms with Gasteiger partial charge in [0.2, 0.25) is 11.7 Å². The number of carbonyl (C=O) groups is 1. The predicted molar refractivity (Wildman–Crippen MR) is 127 cm³/mol. The topological polar surface area (TPSA) is 92.1 Å². The second kappa shape index (κ2) is 8.53. The molecule has 3 aromatic rings. The van der Waals surface area contributed by atoms with Crippen LogP contribution in [-0.4, -0.2) is 68.3 Å². The van der Waals surface area contributed by atoms with E-state index >= 15 is 0 Å². The van der Waals surface area contributed by atoms with Crippen LogP contribution in [0.25, 0.3) is 16.7 Å². The third-order valence-electron chi connectivity index (χ3n) is 6.42. The van der Waals surface area contributed by atoms with Gasteiger partial charge >= 0.3 is 5.92 Å². The number of likely N-dealkylation sites (N-methyl/N-ethyl adjacent to an activating group) is 1. The number of nitrogens with zero attached hydrogens (tertiary/aromatic N) is 7. The SMILES string of the molecule is CCc1cc(-n2nc(N3CC[C@](C)(N(C)C)C3)c3cnc(NC(C)=O)cc32)nc(C(C)(F)F)n1. The molecule has 182 valence electrons. The Hall–Kier alpha value is -3.21. The van der Waals surface area contributed by atoms with Gasteiger partial charge in [-0.1, -0.05) is 6.92 Å². The van der Waals surface area contributed by atoms with Gasteiger partial charge in [0.1, 0.15) is 5.82 Å². The van der Waals surface area contributed by atoms with Crippen LogP contribution in [0.3, 0.4) is 0 Å². The van der Waals surface area contributed by atoms with Crippen LogP contribution in [0, 0.1) is 0 Å². The van der Waals surface area contributed by atoms with Crippen LogP contribution in [0.15, 0.2) is 18.3 Å². The first-order chi connectivity index (χ1) is 15.9. The molecular weight excluding hydrogens is 442 g/mol.